The van der Waals surface area contributed by atoms with Crippen LogP contribution in [0.2, 0.25) is 0 Å². The number of anilines is 1. The number of ether oxygens (including phenoxy) is 1. The van der Waals surface area contributed by atoms with E-state index in [1.807, 2.05) is 25.1 Å². The van der Waals surface area contributed by atoms with Gasteiger partial charge in [0.1, 0.15) is 5.76 Å². The number of piperazine rings is 1. The van der Waals surface area contributed by atoms with Gasteiger partial charge in [-0.05, 0) is 25.1 Å². The average molecular weight is 383 g/mol. The smallest absolute Gasteiger partial charge is 0.261 e. The number of aryl methyl sites for hydroxylation is 1. The number of hydrogen-bond donors (Lipinski definition) is 0. The van der Waals surface area contributed by atoms with Crippen molar-refractivity contribution in [1.29, 1.82) is 0 Å². The Bertz CT molecular complexity index is 1000. The van der Waals surface area contributed by atoms with Gasteiger partial charge in [-0.25, -0.2) is 9.97 Å². The predicted molar refractivity (Wildman–Crippen MR) is 107 cm³/mol. The molecular formula is C20H25N5O3. The van der Waals surface area contributed by atoms with Gasteiger partial charge in [-0.3, -0.25) is 14.3 Å². The van der Waals surface area contributed by atoms with Gasteiger partial charge in [0.15, 0.2) is 6.39 Å². The van der Waals surface area contributed by atoms with Crippen molar-refractivity contribution in [2.24, 2.45) is 0 Å². The minimum Gasteiger partial charge on any atom is -0.448 e. The third-order valence-corrected chi connectivity index (χ3v) is 5.30. The van der Waals surface area contributed by atoms with E-state index in [0.717, 1.165) is 55.4 Å². The van der Waals surface area contributed by atoms with Crippen LogP contribution < -0.4 is 10.5 Å². The molecule has 0 aliphatic carbocycles. The Morgan fingerprint density at radius 1 is 1.18 bits per heavy atom. The molecule has 0 saturated carbocycles. The molecule has 3 aromatic rings. The zero-order valence-corrected chi connectivity index (χ0v) is 16.3. The summed E-state index contributed by atoms with van der Waals surface area (Å²) in [4.78, 5) is 26.1. The molecule has 1 aliphatic rings. The van der Waals surface area contributed by atoms with E-state index in [1.54, 1.807) is 18.0 Å². The lowest BCUT2D eigenvalue weighted by Crippen LogP contribution is -2.46. The molecule has 2 aromatic heterocycles. The van der Waals surface area contributed by atoms with Gasteiger partial charge in [0.2, 0.25) is 0 Å². The van der Waals surface area contributed by atoms with E-state index in [-0.39, 0.29) is 5.56 Å². The molecule has 1 aromatic carbocycles. The van der Waals surface area contributed by atoms with Crippen LogP contribution in [-0.2, 0) is 17.8 Å². The lowest BCUT2D eigenvalue weighted by atomic mass is 10.2. The number of rotatable bonds is 6. The molecule has 1 fully saturated rings. The highest BCUT2D eigenvalue weighted by Crippen LogP contribution is 2.21. The Morgan fingerprint density at radius 3 is 2.71 bits per heavy atom. The minimum absolute atomic E-state index is 0.0265. The highest BCUT2D eigenvalue weighted by atomic mass is 16.5. The highest BCUT2D eigenvalue weighted by Gasteiger charge is 2.19. The topological polar surface area (TPSA) is 76.6 Å². The summed E-state index contributed by atoms with van der Waals surface area (Å²) in [6, 6.07) is 5.91. The Balaban J connectivity index is 1.45. The number of hydrogen-bond acceptors (Lipinski definition) is 7. The number of benzene rings is 1. The molecule has 1 aliphatic heterocycles. The van der Waals surface area contributed by atoms with E-state index >= 15 is 0 Å². The molecule has 0 bridgehead atoms. The molecular weight excluding hydrogens is 358 g/mol. The summed E-state index contributed by atoms with van der Waals surface area (Å²) in [5.74, 6) is 0.888. The van der Waals surface area contributed by atoms with Crippen molar-refractivity contribution >= 4 is 16.6 Å². The first-order valence-corrected chi connectivity index (χ1v) is 9.50. The number of methoxy groups -OCH3 is 1. The van der Waals surface area contributed by atoms with E-state index in [4.69, 9.17) is 9.15 Å². The number of aromatic nitrogens is 3. The van der Waals surface area contributed by atoms with Crippen molar-refractivity contribution in [3.05, 3.63) is 52.7 Å². The summed E-state index contributed by atoms with van der Waals surface area (Å²) in [5.41, 5.74) is 2.82. The van der Waals surface area contributed by atoms with Gasteiger partial charge in [0.05, 0.1) is 36.1 Å². The second-order valence-corrected chi connectivity index (χ2v) is 7.06. The fraction of sp³-hybridized carbons (Fsp3) is 0.450. The fourth-order valence-corrected chi connectivity index (χ4v) is 3.55. The summed E-state index contributed by atoms with van der Waals surface area (Å²) in [6.45, 7) is 7.52. The maximum atomic E-state index is 12.6. The quantitative estimate of drug-likeness (QED) is 0.641. The average Bonchev–Trinajstić information content (AvgIpc) is 3.12. The zero-order chi connectivity index (χ0) is 19.5. The van der Waals surface area contributed by atoms with Gasteiger partial charge in [-0.1, -0.05) is 0 Å². The lowest BCUT2D eigenvalue weighted by molar-refractivity contribution is 0.186. The van der Waals surface area contributed by atoms with Crippen LogP contribution in [0.3, 0.4) is 0 Å². The molecule has 0 atom stereocenters. The van der Waals surface area contributed by atoms with Crippen molar-refractivity contribution in [3.8, 4) is 0 Å². The normalized spacial score (nSPS) is 15.4. The molecule has 8 heteroatoms. The third kappa shape index (κ3) is 3.79. The van der Waals surface area contributed by atoms with Crippen LogP contribution in [0.25, 0.3) is 10.9 Å². The number of nitrogens with zero attached hydrogens (tertiary/aromatic N) is 5. The van der Waals surface area contributed by atoms with E-state index in [9.17, 15) is 4.79 Å². The molecule has 0 spiro atoms. The minimum atomic E-state index is -0.0265. The molecule has 3 heterocycles. The molecule has 8 nitrogen and oxygen atoms in total. The van der Waals surface area contributed by atoms with Gasteiger partial charge in [-0.2, -0.15) is 0 Å². The molecule has 28 heavy (non-hydrogen) atoms. The van der Waals surface area contributed by atoms with Crippen molar-refractivity contribution in [2.75, 3.05) is 44.8 Å². The maximum Gasteiger partial charge on any atom is 0.261 e. The van der Waals surface area contributed by atoms with Crippen LogP contribution >= 0.6 is 0 Å². The molecule has 0 unspecified atom stereocenters. The Labute approximate surface area is 163 Å². The summed E-state index contributed by atoms with van der Waals surface area (Å²) in [5, 5.41) is 0.641. The largest absolute Gasteiger partial charge is 0.448 e. The second-order valence-electron chi connectivity index (χ2n) is 7.06. The van der Waals surface area contributed by atoms with Crippen LogP contribution in [-0.4, -0.2) is 59.3 Å². The summed E-state index contributed by atoms with van der Waals surface area (Å²) in [7, 11) is 1.62. The molecule has 4 rings (SSSR count). The first-order chi connectivity index (χ1) is 13.7. The van der Waals surface area contributed by atoms with Crippen LogP contribution in [0.1, 0.15) is 11.5 Å². The fourth-order valence-electron chi connectivity index (χ4n) is 3.55. The van der Waals surface area contributed by atoms with E-state index < -0.39 is 0 Å². The highest BCUT2D eigenvalue weighted by molar-refractivity contribution is 5.81. The Morgan fingerprint density at radius 2 is 2.00 bits per heavy atom. The van der Waals surface area contributed by atoms with Gasteiger partial charge in [-0.15, -0.1) is 0 Å². The summed E-state index contributed by atoms with van der Waals surface area (Å²) >= 11 is 0. The molecule has 1 saturated heterocycles. The monoisotopic (exact) mass is 383 g/mol. The number of fused-ring (bicyclic) bond motifs is 1. The predicted octanol–water partition coefficient (Wildman–Crippen LogP) is 1.66. The summed E-state index contributed by atoms with van der Waals surface area (Å²) < 4.78 is 11.9. The van der Waals surface area contributed by atoms with Crippen LogP contribution in [0.5, 0.6) is 0 Å². The number of oxazole rings is 1. The van der Waals surface area contributed by atoms with Gasteiger partial charge >= 0.3 is 0 Å². The molecule has 148 valence electrons. The van der Waals surface area contributed by atoms with Crippen molar-refractivity contribution in [2.45, 2.75) is 20.0 Å². The first kappa shape index (κ1) is 18.6. The zero-order valence-electron chi connectivity index (χ0n) is 16.3. The van der Waals surface area contributed by atoms with Gasteiger partial charge in [0.25, 0.3) is 5.56 Å². The van der Waals surface area contributed by atoms with Crippen LogP contribution in [0, 0.1) is 6.92 Å². The van der Waals surface area contributed by atoms with Crippen molar-refractivity contribution in [3.63, 3.8) is 0 Å². The van der Waals surface area contributed by atoms with E-state index in [0.29, 0.717) is 18.5 Å². The van der Waals surface area contributed by atoms with E-state index in [1.165, 1.54) is 6.39 Å². The molecule has 0 radical (unpaired) electrons. The van der Waals surface area contributed by atoms with Crippen molar-refractivity contribution in [1.82, 2.24) is 19.4 Å². The molecule has 0 N–H and O–H groups in total. The van der Waals surface area contributed by atoms with E-state index in [2.05, 4.69) is 19.8 Å². The Hall–Kier alpha value is -2.71. The van der Waals surface area contributed by atoms with Crippen molar-refractivity contribution < 1.29 is 9.15 Å². The Kier molecular flexibility index (Phi) is 5.40. The lowest BCUT2D eigenvalue weighted by Gasteiger charge is -2.35. The third-order valence-electron chi connectivity index (χ3n) is 5.30. The van der Waals surface area contributed by atoms with Crippen LogP contribution in [0.4, 0.5) is 5.69 Å². The van der Waals surface area contributed by atoms with Gasteiger partial charge < -0.3 is 14.1 Å². The second kappa shape index (κ2) is 8.12. The maximum absolute atomic E-state index is 12.6. The summed E-state index contributed by atoms with van der Waals surface area (Å²) in [6.07, 6.45) is 3.11. The standard InChI is InChI=1S/C20H25N5O3/c1-15-19(22-14-28-15)12-23-5-7-24(8-6-23)16-3-4-17-18(11-16)21-13-25(20(17)26)9-10-27-2/h3-4,11,13-14H,5-10,12H2,1-2H3. The van der Waals surface area contributed by atoms with Gasteiger partial charge in [0, 0.05) is 45.5 Å². The van der Waals surface area contributed by atoms with Crippen LogP contribution in [0.15, 0.2) is 40.1 Å². The SMILES string of the molecule is COCCn1cnc2cc(N3CCN(Cc4ncoc4C)CC3)ccc2c1=O. The first-order valence-electron chi connectivity index (χ1n) is 9.50. The molecule has 0 amide bonds.